The first-order valence-corrected chi connectivity index (χ1v) is 10.6. The van der Waals surface area contributed by atoms with Gasteiger partial charge in [0.2, 0.25) is 11.9 Å². The van der Waals surface area contributed by atoms with E-state index in [4.69, 9.17) is 9.47 Å². The van der Waals surface area contributed by atoms with Crippen LogP contribution in [0.3, 0.4) is 0 Å². The standard InChI is InChI=1S/C24H28N4O3/c1-3-31-21-9-7-19(8-10-21)17-23(29)26-13-15-27(16-14-26)24-25-11-12-28(24)20-5-4-6-22(18-20)30-2/h4-12,18H,3,13-17H2,1-2H3. The number of hydrogen-bond acceptors (Lipinski definition) is 5. The second-order valence-corrected chi connectivity index (χ2v) is 7.42. The lowest BCUT2D eigenvalue weighted by Gasteiger charge is -2.35. The molecule has 0 unspecified atom stereocenters. The third-order valence-electron chi connectivity index (χ3n) is 5.46. The topological polar surface area (TPSA) is 59.8 Å². The summed E-state index contributed by atoms with van der Waals surface area (Å²) in [6, 6.07) is 15.7. The highest BCUT2D eigenvalue weighted by Crippen LogP contribution is 2.23. The van der Waals surface area contributed by atoms with Crippen molar-refractivity contribution in [1.29, 1.82) is 0 Å². The van der Waals surface area contributed by atoms with E-state index in [1.807, 2.05) is 66.6 Å². The van der Waals surface area contributed by atoms with Crippen molar-refractivity contribution in [3.8, 4) is 17.2 Å². The Balaban J connectivity index is 1.37. The second kappa shape index (κ2) is 9.55. The Hall–Kier alpha value is -3.48. The van der Waals surface area contributed by atoms with Crippen LogP contribution in [0.15, 0.2) is 60.9 Å². The van der Waals surface area contributed by atoms with E-state index in [0.717, 1.165) is 41.8 Å². The molecular weight excluding hydrogens is 392 g/mol. The Bertz CT molecular complexity index is 1010. The molecular formula is C24H28N4O3. The molecule has 0 radical (unpaired) electrons. The van der Waals surface area contributed by atoms with Crippen LogP contribution in [0.4, 0.5) is 5.95 Å². The minimum atomic E-state index is 0.153. The lowest BCUT2D eigenvalue weighted by molar-refractivity contribution is -0.130. The molecule has 162 valence electrons. The van der Waals surface area contributed by atoms with Gasteiger partial charge in [-0.3, -0.25) is 9.36 Å². The highest BCUT2D eigenvalue weighted by Gasteiger charge is 2.24. The summed E-state index contributed by atoms with van der Waals surface area (Å²) in [6.07, 6.45) is 4.16. The van der Waals surface area contributed by atoms with Gasteiger partial charge in [-0.2, -0.15) is 0 Å². The van der Waals surface area contributed by atoms with Crippen LogP contribution in [0.25, 0.3) is 5.69 Å². The van der Waals surface area contributed by atoms with Crippen LogP contribution >= 0.6 is 0 Å². The third kappa shape index (κ3) is 4.82. The first kappa shape index (κ1) is 20.8. The van der Waals surface area contributed by atoms with Gasteiger partial charge in [0.15, 0.2) is 0 Å². The molecule has 4 rings (SSSR count). The number of imidazole rings is 1. The van der Waals surface area contributed by atoms with Crippen molar-refractivity contribution in [1.82, 2.24) is 14.5 Å². The van der Waals surface area contributed by atoms with Gasteiger partial charge in [0, 0.05) is 44.6 Å². The summed E-state index contributed by atoms with van der Waals surface area (Å²) in [5.41, 5.74) is 2.00. The molecule has 1 fully saturated rings. The SMILES string of the molecule is CCOc1ccc(CC(=O)N2CCN(c3nccn3-c3cccc(OC)c3)CC2)cc1. The summed E-state index contributed by atoms with van der Waals surface area (Å²) in [5.74, 6) is 2.67. The number of piperazine rings is 1. The fourth-order valence-electron chi connectivity index (χ4n) is 3.80. The molecule has 0 spiro atoms. The van der Waals surface area contributed by atoms with E-state index in [1.165, 1.54) is 0 Å². The normalized spacial score (nSPS) is 13.9. The Labute approximate surface area is 182 Å². The molecule has 0 N–H and O–H groups in total. The molecule has 0 atom stereocenters. The molecule has 0 bridgehead atoms. The van der Waals surface area contributed by atoms with E-state index in [9.17, 15) is 4.79 Å². The van der Waals surface area contributed by atoms with Crippen molar-refractivity contribution in [3.63, 3.8) is 0 Å². The maximum Gasteiger partial charge on any atom is 0.227 e. The maximum absolute atomic E-state index is 12.8. The summed E-state index contributed by atoms with van der Waals surface area (Å²) < 4.78 is 12.9. The van der Waals surface area contributed by atoms with E-state index < -0.39 is 0 Å². The number of nitrogens with zero attached hydrogens (tertiary/aromatic N) is 4. The van der Waals surface area contributed by atoms with Crippen LogP contribution in [-0.2, 0) is 11.2 Å². The van der Waals surface area contributed by atoms with Crippen molar-refractivity contribution in [2.45, 2.75) is 13.3 Å². The molecule has 7 nitrogen and oxygen atoms in total. The number of benzene rings is 2. The highest BCUT2D eigenvalue weighted by molar-refractivity contribution is 5.79. The number of amides is 1. The van der Waals surface area contributed by atoms with Crippen molar-refractivity contribution >= 4 is 11.9 Å². The molecule has 31 heavy (non-hydrogen) atoms. The Morgan fingerprint density at radius 1 is 1.03 bits per heavy atom. The minimum absolute atomic E-state index is 0.153. The molecule has 0 aliphatic carbocycles. The van der Waals surface area contributed by atoms with Gasteiger partial charge in [0.25, 0.3) is 0 Å². The number of carbonyl (C=O) groups is 1. The Kier molecular flexibility index (Phi) is 6.40. The quantitative estimate of drug-likeness (QED) is 0.588. The molecule has 7 heteroatoms. The summed E-state index contributed by atoms with van der Waals surface area (Å²) >= 11 is 0. The average Bonchev–Trinajstić information content (AvgIpc) is 3.31. The first-order valence-electron chi connectivity index (χ1n) is 10.6. The summed E-state index contributed by atoms with van der Waals surface area (Å²) in [5, 5.41) is 0. The number of hydrogen-bond donors (Lipinski definition) is 0. The average molecular weight is 421 g/mol. The molecule has 0 saturated carbocycles. The van der Waals surface area contributed by atoms with E-state index in [2.05, 4.69) is 14.5 Å². The van der Waals surface area contributed by atoms with Crippen LogP contribution in [0.5, 0.6) is 11.5 Å². The maximum atomic E-state index is 12.8. The predicted molar refractivity (Wildman–Crippen MR) is 120 cm³/mol. The fraction of sp³-hybridized carbons (Fsp3) is 0.333. The lowest BCUT2D eigenvalue weighted by Crippen LogP contribution is -2.49. The summed E-state index contributed by atoms with van der Waals surface area (Å²) in [6.45, 7) is 5.45. The lowest BCUT2D eigenvalue weighted by atomic mass is 10.1. The predicted octanol–water partition coefficient (Wildman–Crippen LogP) is 3.17. The fourth-order valence-corrected chi connectivity index (χ4v) is 3.80. The first-order chi connectivity index (χ1) is 15.2. The number of carbonyl (C=O) groups excluding carboxylic acids is 1. The zero-order chi connectivity index (χ0) is 21.6. The number of anilines is 1. The smallest absolute Gasteiger partial charge is 0.227 e. The van der Waals surface area contributed by atoms with Gasteiger partial charge in [0.05, 0.1) is 25.8 Å². The molecule has 1 aliphatic heterocycles. The number of rotatable bonds is 7. The highest BCUT2D eigenvalue weighted by atomic mass is 16.5. The van der Waals surface area contributed by atoms with Crippen molar-refractivity contribution in [2.75, 3.05) is 44.8 Å². The van der Waals surface area contributed by atoms with Crippen LogP contribution < -0.4 is 14.4 Å². The molecule has 1 amide bonds. The van der Waals surface area contributed by atoms with Crippen LogP contribution in [-0.4, -0.2) is 60.3 Å². The molecule has 1 aliphatic rings. The van der Waals surface area contributed by atoms with Crippen molar-refractivity contribution in [3.05, 3.63) is 66.5 Å². The Morgan fingerprint density at radius 2 is 1.81 bits per heavy atom. The second-order valence-electron chi connectivity index (χ2n) is 7.42. The molecule has 2 aromatic carbocycles. The summed E-state index contributed by atoms with van der Waals surface area (Å²) in [4.78, 5) is 21.5. The number of ether oxygens (including phenoxy) is 2. The summed E-state index contributed by atoms with van der Waals surface area (Å²) in [7, 11) is 1.66. The minimum Gasteiger partial charge on any atom is -0.497 e. The van der Waals surface area contributed by atoms with Gasteiger partial charge in [-0.25, -0.2) is 4.98 Å². The molecule has 2 heterocycles. The molecule has 1 saturated heterocycles. The van der Waals surface area contributed by atoms with Crippen LogP contribution in [0.1, 0.15) is 12.5 Å². The van der Waals surface area contributed by atoms with Crippen LogP contribution in [0.2, 0.25) is 0 Å². The monoisotopic (exact) mass is 420 g/mol. The Morgan fingerprint density at radius 3 is 2.52 bits per heavy atom. The van der Waals surface area contributed by atoms with E-state index in [-0.39, 0.29) is 5.91 Å². The number of aromatic nitrogens is 2. The van der Waals surface area contributed by atoms with E-state index >= 15 is 0 Å². The number of methoxy groups -OCH3 is 1. The van der Waals surface area contributed by atoms with Gasteiger partial charge in [-0.15, -0.1) is 0 Å². The largest absolute Gasteiger partial charge is 0.497 e. The van der Waals surface area contributed by atoms with Crippen LogP contribution in [0, 0.1) is 0 Å². The van der Waals surface area contributed by atoms with Gasteiger partial charge in [-0.05, 0) is 36.8 Å². The molecule has 3 aromatic rings. The van der Waals surface area contributed by atoms with E-state index in [0.29, 0.717) is 26.1 Å². The van der Waals surface area contributed by atoms with Crippen molar-refractivity contribution < 1.29 is 14.3 Å². The van der Waals surface area contributed by atoms with Crippen molar-refractivity contribution in [2.24, 2.45) is 0 Å². The van der Waals surface area contributed by atoms with Gasteiger partial charge >= 0.3 is 0 Å². The van der Waals surface area contributed by atoms with Gasteiger partial charge in [-0.1, -0.05) is 18.2 Å². The van der Waals surface area contributed by atoms with E-state index in [1.54, 1.807) is 13.3 Å². The zero-order valence-electron chi connectivity index (χ0n) is 18.0. The van der Waals surface area contributed by atoms with Gasteiger partial charge in [0.1, 0.15) is 11.5 Å². The zero-order valence-corrected chi connectivity index (χ0v) is 18.0. The third-order valence-corrected chi connectivity index (χ3v) is 5.46. The van der Waals surface area contributed by atoms with Gasteiger partial charge < -0.3 is 19.3 Å². The molecule has 1 aromatic heterocycles.